The Morgan fingerprint density at radius 2 is 1.56 bits per heavy atom. The van der Waals surface area contributed by atoms with Gasteiger partial charge in [-0.2, -0.15) is 0 Å². The molecule has 6 rings (SSSR count). The van der Waals surface area contributed by atoms with Crippen LogP contribution in [0.4, 0.5) is 0 Å². The third-order valence-corrected chi connectivity index (χ3v) is 6.46. The Kier molecular flexibility index (Phi) is 3.78. The fourth-order valence-corrected chi connectivity index (χ4v) is 4.77. The van der Waals surface area contributed by atoms with Gasteiger partial charge in [0, 0.05) is 49.5 Å². The lowest BCUT2D eigenvalue weighted by atomic mass is 10.1. The zero-order valence-electron chi connectivity index (χ0n) is 18.5. The van der Waals surface area contributed by atoms with E-state index >= 15 is 0 Å². The molecule has 0 aliphatic carbocycles. The normalized spacial score (nSPS) is 11.9. The Labute approximate surface area is 184 Å². The second-order valence-corrected chi connectivity index (χ2v) is 8.51. The predicted molar refractivity (Wildman–Crippen MR) is 129 cm³/mol. The van der Waals surface area contributed by atoms with Crippen molar-refractivity contribution in [2.45, 2.75) is 6.92 Å². The molecule has 0 unspecified atom stereocenters. The Bertz CT molecular complexity index is 1740. The van der Waals surface area contributed by atoms with Gasteiger partial charge in [-0.1, -0.05) is 24.3 Å². The second kappa shape index (κ2) is 6.47. The molecule has 158 valence electrons. The van der Waals surface area contributed by atoms with Gasteiger partial charge in [0.15, 0.2) is 0 Å². The molecule has 0 aliphatic rings. The van der Waals surface area contributed by atoms with Crippen LogP contribution in [0.3, 0.4) is 0 Å². The van der Waals surface area contributed by atoms with E-state index in [1.54, 1.807) is 16.2 Å². The topological polar surface area (TPSA) is 49.7 Å². The largest absolute Gasteiger partial charge is 0.350 e. The van der Waals surface area contributed by atoms with Gasteiger partial charge >= 0.3 is 5.69 Å². The molecule has 6 nitrogen and oxygen atoms in total. The van der Waals surface area contributed by atoms with Crippen LogP contribution in [-0.2, 0) is 21.1 Å². The smallest absolute Gasteiger partial charge is 0.328 e. The van der Waals surface area contributed by atoms with E-state index in [0.29, 0.717) is 0 Å². The first-order chi connectivity index (χ1) is 15.4. The van der Waals surface area contributed by atoms with Gasteiger partial charge in [-0.05, 0) is 48.9 Å². The lowest BCUT2D eigenvalue weighted by Crippen LogP contribution is -2.19. The highest BCUT2D eigenvalue weighted by molar-refractivity contribution is 5.97. The molecule has 3 aromatic heterocycles. The van der Waals surface area contributed by atoms with E-state index in [-0.39, 0.29) is 5.69 Å². The van der Waals surface area contributed by atoms with Crippen LogP contribution in [-0.4, -0.2) is 23.3 Å². The number of rotatable bonds is 2. The summed E-state index contributed by atoms with van der Waals surface area (Å²) in [7, 11) is 5.69. The average molecular weight is 422 g/mol. The van der Waals surface area contributed by atoms with Gasteiger partial charge in [0.25, 0.3) is 0 Å². The third kappa shape index (κ3) is 2.46. The zero-order valence-corrected chi connectivity index (χ0v) is 18.5. The maximum atomic E-state index is 12.5. The first-order valence-corrected chi connectivity index (χ1v) is 10.6. The number of aromatic nitrogens is 5. The summed E-state index contributed by atoms with van der Waals surface area (Å²) in [5.41, 5.74) is 8.22. The van der Waals surface area contributed by atoms with Crippen molar-refractivity contribution >= 4 is 33.0 Å². The highest BCUT2D eigenvalue weighted by Gasteiger charge is 2.19. The van der Waals surface area contributed by atoms with E-state index in [1.807, 2.05) is 31.3 Å². The van der Waals surface area contributed by atoms with Crippen molar-refractivity contribution in [3.63, 3.8) is 0 Å². The monoisotopic (exact) mass is 421 g/mol. The van der Waals surface area contributed by atoms with Crippen molar-refractivity contribution in [1.82, 2.24) is 23.3 Å². The molecular weight excluding hydrogens is 398 g/mol. The molecule has 3 aromatic carbocycles. The molecule has 0 saturated carbocycles. The quantitative estimate of drug-likeness (QED) is 0.408. The molecule has 0 N–H and O–H groups in total. The van der Waals surface area contributed by atoms with Crippen LogP contribution < -0.4 is 5.69 Å². The van der Waals surface area contributed by atoms with Crippen molar-refractivity contribution in [3.05, 3.63) is 82.9 Å². The van der Waals surface area contributed by atoms with Crippen LogP contribution in [0.2, 0.25) is 0 Å². The Hall–Kier alpha value is -4.06. The highest BCUT2D eigenvalue weighted by Crippen LogP contribution is 2.35. The maximum Gasteiger partial charge on any atom is 0.328 e. The van der Waals surface area contributed by atoms with E-state index in [2.05, 4.69) is 65.7 Å². The van der Waals surface area contributed by atoms with Crippen molar-refractivity contribution in [1.29, 1.82) is 0 Å². The number of hydrogen-bond acceptors (Lipinski definition) is 2. The molecule has 0 amide bonds. The van der Waals surface area contributed by atoms with Crippen LogP contribution in [0.15, 0.2) is 71.7 Å². The van der Waals surface area contributed by atoms with Crippen LogP contribution in [0.25, 0.3) is 50.0 Å². The number of hydrogen-bond donors (Lipinski definition) is 0. The molecule has 6 aromatic rings. The van der Waals surface area contributed by atoms with E-state index in [0.717, 1.165) is 39.1 Å². The molecule has 0 spiro atoms. The summed E-state index contributed by atoms with van der Waals surface area (Å²) in [4.78, 5) is 17.5. The number of nitrogens with zero attached hydrogens (tertiary/aromatic N) is 5. The van der Waals surface area contributed by atoms with E-state index < -0.39 is 0 Å². The standard InChI is InChI=1S/C26H23N5O/c1-16-9-11-18-19(15-28(2)23(18)13-16)25-27-20-7-5-6-8-21(20)31(25)17-10-12-22-24(14-17)30(4)26(32)29(22)3/h5-15H,1-4H3. The van der Waals surface area contributed by atoms with Gasteiger partial charge in [0.05, 0.1) is 22.1 Å². The predicted octanol–water partition coefficient (Wildman–Crippen LogP) is 4.68. The van der Waals surface area contributed by atoms with Crippen molar-refractivity contribution in [2.75, 3.05) is 0 Å². The van der Waals surface area contributed by atoms with Crippen LogP contribution >= 0.6 is 0 Å². The number of aryl methyl sites for hydroxylation is 4. The van der Waals surface area contributed by atoms with Gasteiger partial charge in [-0.15, -0.1) is 0 Å². The molecule has 0 atom stereocenters. The summed E-state index contributed by atoms with van der Waals surface area (Å²) < 4.78 is 7.73. The molecular formula is C26H23N5O. The number of para-hydroxylation sites is 2. The Balaban J connectivity index is 1.71. The fourth-order valence-electron chi connectivity index (χ4n) is 4.77. The summed E-state index contributed by atoms with van der Waals surface area (Å²) in [6, 6.07) is 20.9. The van der Waals surface area contributed by atoms with E-state index in [9.17, 15) is 4.79 Å². The third-order valence-electron chi connectivity index (χ3n) is 6.46. The molecule has 0 radical (unpaired) electrons. The number of fused-ring (bicyclic) bond motifs is 3. The second-order valence-electron chi connectivity index (χ2n) is 8.51. The van der Waals surface area contributed by atoms with Gasteiger partial charge in [-0.3, -0.25) is 13.7 Å². The number of imidazole rings is 2. The minimum Gasteiger partial charge on any atom is -0.350 e. The first kappa shape index (κ1) is 18.7. The van der Waals surface area contributed by atoms with Crippen molar-refractivity contribution in [2.24, 2.45) is 21.1 Å². The molecule has 0 bridgehead atoms. The van der Waals surface area contributed by atoms with Gasteiger partial charge in [0.2, 0.25) is 0 Å². The summed E-state index contributed by atoms with van der Waals surface area (Å²) in [6.07, 6.45) is 2.15. The van der Waals surface area contributed by atoms with E-state index in [4.69, 9.17) is 4.98 Å². The average Bonchev–Trinajstić information content (AvgIpc) is 3.40. The molecule has 32 heavy (non-hydrogen) atoms. The summed E-state index contributed by atoms with van der Waals surface area (Å²) in [5, 5.41) is 1.17. The van der Waals surface area contributed by atoms with Crippen LogP contribution in [0.1, 0.15) is 5.56 Å². The molecule has 0 aliphatic heterocycles. The first-order valence-electron chi connectivity index (χ1n) is 10.6. The summed E-state index contributed by atoms with van der Waals surface area (Å²) in [5.74, 6) is 0.890. The number of benzene rings is 3. The highest BCUT2D eigenvalue weighted by atomic mass is 16.1. The SMILES string of the molecule is Cc1ccc2c(-c3nc4ccccc4n3-c3ccc4c(c3)n(C)c(=O)n4C)cn(C)c2c1. The van der Waals surface area contributed by atoms with Crippen LogP contribution in [0, 0.1) is 6.92 Å². The zero-order chi connectivity index (χ0) is 22.1. The Morgan fingerprint density at radius 1 is 0.781 bits per heavy atom. The lowest BCUT2D eigenvalue weighted by Gasteiger charge is -2.10. The van der Waals surface area contributed by atoms with Gasteiger partial charge < -0.3 is 4.57 Å². The van der Waals surface area contributed by atoms with Crippen molar-refractivity contribution in [3.8, 4) is 17.1 Å². The van der Waals surface area contributed by atoms with Gasteiger partial charge in [0.1, 0.15) is 5.82 Å². The van der Waals surface area contributed by atoms with E-state index in [1.165, 1.54) is 16.5 Å². The summed E-state index contributed by atoms with van der Waals surface area (Å²) >= 11 is 0. The lowest BCUT2D eigenvalue weighted by molar-refractivity contribution is 0.795. The Morgan fingerprint density at radius 3 is 2.41 bits per heavy atom. The molecule has 0 fully saturated rings. The van der Waals surface area contributed by atoms with Crippen molar-refractivity contribution < 1.29 is 0 Å². The molecule has 6 heteroatoms. The summed E-state index contributed by atoms with van der Waals surface area (Å²) in [6.45, 7) is 2.11. The van der Waals surface area contributed by atoms with Gasteiger partial charge in [-0.25, -0.2) is 9.78 Å². The molecule has 0 saturated heterocycles. The van der Waals surface area contributed by atoms with Crippen LogP contribution in [0.5, 0.6) is 0 Å². The fraction of sp³-hybridized carbons (Fsp3) is 0.154. The molecule has 3 heterocycles. The minimum absolute atomic E-state index is 0.0303. The maximum absolute atomic E-state index is 12.5. The minimum atomic E-state index is -0.0303.